The minimum Gasteiger partial charge on any atom is -0.358 e. The second-order valence-electron chi connectivity index (χ2n) is 4.48. The van der Waals surface area contributed by atoms with Gasteiger partial charge in [-0.15, -0.1) is 0 Å². The number of alkyl halides is 3. The lowest BCUT2D eigenvalue weighted by molar-refractivity contribution is -0.136. The molecule has 2 rings (SSSR count). The Bertz CT molecular complexity index is 653. The Labute approximate surface area is 130 Å². The molecular weight excluding hydrogens is 316 g/mol. The van der Waals surface area contributed by atoms with Crippen molar-refractivity contribution in [2.45, 2.75) is 12.7 Å². The molecule has 0 spiro atoms. The molecule has 0 aliphatic heterocycles. The number of hydrogen-bond donors (Lipinski definition) is 2. The molecule has 0 aliphatic rings. The zero-order valence-electron chi connectivity index (χ0n) is 11.2. The maximum absolute atomic E-state index is 12.8. The molecule has 2 nitrogen and oxygen atoms in total. The van der Waals surface area contributed by atoms with Gasteiger partial charge >= 0.3 is 6.18 Å². The van der Waals surface area contributed by atoms with Crippen molar-refractivity contribution in [3.63, 3.8) is 0 Å². The molecule has 0 aliphatic carbocycles. The summed E-state index contributed by atoms with van der Waals surface area (Å²) in [7, 11) is 0. The first kappa shape index (κ1) is 16.2. The Kier molecular flexibility index (Phi) is 4.97. The summed E-state index contributed by atoms with van der Waals surface area (Å²) < 4.78 is 51.3. The van der Waals surface area contributed by atoms with Crippen molar-refractivity contribution >= 4 is 23.0 Å². The summed E-state index contributed by atoms with van der Waals surface area (Å²) in [6, 6.07) is 10.8. The molecule has 0 radical (unpaired) electrons. The predicted molar refractivity (Wildman–Crippen MR) is 80.9 cm³/mol. The first-order valence-corrected chi connectivity index (χ1v) is 6.72. The monoisotopic (exact) mass is 328 g/mol. The smallest absolute Gasteiger partial charge is 0.358 e. The van der Waals surface area contributed by atoms with E-state index < -0.39 is 11.7 Å². The third-order valence-electron chi connectivity index (χ3n) is 2.85. The van der Waals surface area contributed by atoms with Crippen LogP contribution in [0.25, 0.3) is 0 Å². The molecular formula is C15H12F4N2S. The van der Waals surface area contributed by atoms with Gasteiger partial charge in [-0.1, -0.05) is 24.3 Å². The van der Waals surface area contributed by atoms with Gasteiger partial charge in [-0.05, 0) is 42.0 Å². The van der Waals surface area contributed by atoms with Crippen LogP contribution in [0.5, 0.6) is 0 Å². The van der Waals surface area contributed by atoms with E-state index in [1.807, 2.05) is 0 Å². The summed E-state index contributed by atoms with van der Waals surface area (Å²) in [5.74, 6) is -0.358. The van der Waals surface area contributed by atoms with Crippen LogP contribution in [0, 0.1) is 5.82 Å². The summed E-state index contributed by atoms with van der Waals surface area (Å²) in [6.45, 7) is 0.278. The molecule has 0 saturated heterocycles. The van der Waals surface area contributed by atoms with Gasteiger partial charge in [-0.2, -0.15) is 13.2 Å². The molecule has 0 atom stereocenters. The molecule has 0 unspecified atom stereocenters. The lowest BCUT2D eigenvalue weighted by atomic mass is 10.1. The maximum Gasteiger partial charge on any atom is 0.418 e. The molecule has 0 heterocycles. The van der Waals surface area contributed by atoms with Crippen molar-refractivity contribution < 1.29 is 17.6 Å². The van der Waals surface area contributed by atoms with Crippen LogP contribution >= 0.6 is 12.2 Å². The fraction of sp³-hybridized carbons (Fsp3) is 0.133. The summed E-state index contributed by atoms with van der Waals surface area (Å²) in [6.07, 6.45) is -4.46. The van der Waals surface area contributed by atoms with Crippen LogP contribution in [-0.2, 0) is 12.7 Å². The van der Waals surface area contributed by atoms with E-state index in [1.165, 1.54) is 30.3 Å². The Morgan fingerprint density at radius 1 is 1.00 bits per heavy atom. The SMILES string of the molecule is Fc1ccc(CNC(=S)Nc2ccccc2C(F)(F)F)cc1. The van der Waals surface area contributed by atoms with Crippen molar-refractivity contribution in [1.29, 1.82) is 0 Å². The van der Waals surface area contributed by atoms with E-state index in [0.717, 1.165) is 11.6 Å². The van der Waals surface area contributed by atoms with Gasteiger partial charge in [0.05, 0.1) is 11.3 Å². The quantitative estimate of drug-likeness (QED) is 0.648. The molecule has 0 fully saturated rings. The number of benzene rings is 2. The number of halogens is 4. The van der Waals surface area contributed by atoms with Gasteiger partial charge in [0.15, 0.2) is 5.11 Å². The number of thiocarbonyl (C=S) groups is 1. The average molecular weight is 328 g/mol. The van der Waals surface area contributed by atoms with Crippen LogP contribution in [0.2, 0.25) is 0 Å². The van der Waals surface area contributed by atoms with Crippen molar-refractivity contribution in [3.8, 4) is 0 Å². The molecule has 0 saturated carbocycles. The van der Waals surface area contributed by atoms with E-state index >= 15 is 0 Å². The average Bonchev–Trinajstić information content (AvgIpc) is 2.46. The predicted octanol–water partition coefficient (Wildman–Crippen LogP) is 4.33. The van der Waals surface area contributed by atoms with Crippen molar-refractivity contribution in [3.05, 3.63) is 65.5 Å². The minimum absolute atomic E-state index is 0.0565. The summed E-state index contributed by atoms with van der Waals surface area (Å²) in [5, 5.41) is 5.36. The van der Waals surface area contributed by atoms with Crippen LogP contribution in [-0.4, -0.2) is 5.11 Å². The molecule has 0 aromatic heterocycles. The first-order chi connectivity index (χ1) is 10.4. The highest BCUT2D eigenvalue weighted by molar-refractivity contribution is 7.80. The van der Waals surface area contributed by atoms with Gasteiger partial charge < -0.3 is 10.6 Å². The second kappa shape index (κ2) is 6.74. The fourth-order valence-corrected chi connectivity index (χ4v) is 1.97. The number of hydrogen-bond acceptors (Lipinski definition) is 1. The maximum atomic E-state index is 12.8. The molecule has 0 bridgehead atoms. The Morgan fingerprint density at radius 3 is 2.27 bits per heavy atom. The molecule has 22 heavy (non-hydrogen) atoms. The summed E-state index contributed by atoms with van der Waals surface area (Å²) in [5.41, 5.74) is -0.151. The Morgan fingerprint density at radius 2 is 1.64 bits per heavy atom. The van der Waals surface area contributed by atoms with Gasteiger partial charge in [-0.3, -0.25) is 0 Å². The van der Waals surface area contributed by atoms with Crippen LogP contribution in [0.4, 0.5) is 23.2 Å². The number of para-hydroxylation sites is 1. The van der Waals surface area contributed by atoms with E-state index in [0.29, 0.717) is 0 Å². The Hall–Kier alpha value is -2.15. The molecule has 2 aromatic rings. The topological polar surface area (TPSA) is 24.1 Å². The Balaban J connectivity index is 1.99. The van der Waals surface area contributed by atoms with Gasteiger partial charge in [0, 0.05) is 6.54 Å². The highest BCUT2D eigenvalue weighted by Crippen LogP contribution is 2.34. The highest BCUT2D eigenvalue weighted by atomic mass is 32.1. The van der Waals surface area contributed by atoms with E-state index in [4.69, 9.17) is 12.2 Å². The van der Waals surface area contributed by atoms with Crippen LogP contribution < -0.4 is 10.6 Å². The third-order valence-corrected chi connectivity index (χ3v) is 3.09. The largest absolute Gasteiger partial charge is 0.418 e. The van der Waals surface area contributed by atoms with E-state index in [9.17, 15) is 17.6 Å². The highest BCUT2D eigenvalue weighted by Gasteiger charge is 2.33. The summed E-state index contributed by atoms with van der Waals surface area (Å²) >= 11 is 4.98. The standard InChI is InChI=1S/C15H12F4N2S/c16-11-7-5-10(6-8-11)9-20-14(22)21-13-4-2-1-3-12(13)15(17,18)19/h1-8H,9H2,(H2,20,21,22). The second-order valence-corrected chi connectivity index (χ2v) is 4.89. The number of nitrogens with one attached hydrogen (secondary N) is 2. The van der Waals surface area contributed by atoms with Gasteiger partial charge in [0.25, 0.3) is 0 Å². The normalized spacial score (nSPS) is 11.1. The fourth-order valence-electron chi connectivity index (χ4n) is 1.79. The van der Waals surface area contributed by atoms with Crippen LogP contribution in [0.1, 0.15) is 11.1 Å². The van der Waals surface area contributed by atoms with E-state index in [2.05, 4.69) is 10.6 Å². The van der Waals surface area contributed by atoms with Gasteiger partial charge in [-0.25, -0.2) is 4.39 Å². The van der Waals surface area contributed by atoms with Gasteiger partial charge in [0.1, 0.15) is 5.82 Å². The molecule has 2 aromatic carbocycles. The van der Waals surface area contributed by atoms with Crippen LogP contribution in [0.3, 0.4) is 0 Å². The molecule has 2 N–H and O–H groups in total. The van der Waals surface area contributed by atoms with Crippen LogP contribution in [0.15, 0.2) is 48.5 Å². The zero-order chi connectivity index (χ0) is 16.2. The van der Waals surface area contributed by atoms with Crippen molar-refractivity contribution in [1.82, 2.24) is 5.32 Å². The zero-order valence-corrected chi connectivity index (χ0v) is 12.1. The lowest BCUT2D eigenvalue weighted by Crippen LogP contribution is -2.28. The van der Waals surface area contributed by atoms with Gasteiger partial charge in [0.2, 0.25) is 0 Å². The lowest BCUT2D eigenvalue weighted by Gasteiger charge is -2.15. The third kappa shape index (κ3) is 4.42. The molecule has 7 heteroatoms. The first-order valence-electron chi connectivity index (χ1n) is 6.32. The van der Waals surface area contributed by atoms with E-state index in [-0.39, 0.29) is 23.2 Å². The van der Waals surface area contributed by atoms with Crippen molar-refractivity contribution in [2.75, 3.05) is 5.32 Å². The minimum atomic E-state index is -4.46. The van der Waals surface area contributed by atoms with E-state index in [1.54, 1.807) is 12.1 Å². The molecule has 116 valence electrons. The number of rotatable bonds is 3. The molecule has 0 amide bonds. The number of anilines is 1. The van der Waals surface area contributed by atoms with Crippen molar-refractivity contribution in [2.24, 2.45) is 0 Å². The summed E-state index contributed by atoms with van der Waals surface area (Å²) in [4.78, 5) is 0.